The van der Waals surface area contributed by atoms with Gasteiger partial charge in [-0.1, -0.05) is 6.07 Å². The van der Waals surface area contributed by atoms with Crippen molar-refractivity contribution in [3.63, 3.8) is 0 Å². The molecule has 0 bridgehead atoms. The Labute approximate surface area is 154 Å². The zero-order valence-corrected chi connectivity index (χ0v) is 15.7. The van der Waals surface area contributed by atoms with Crippen molar-refractivity contribution in [3.05, 3.63) is 54.0 Å². The van der Waals surface area contributed by atoms with E-state index in [2.05, 4.69) is 5.32 Å². The molecule has 6 nitrogen and oxygen atoms in total. The van der Waals surface area contributed by atoms with Gasteiger partial charge in [-0.05, 0) is 56.9 Å². The number of methoxy groups -OCH3 is 1. The summed E-state index contributed by atoms with van der Waals surface area (Å²) in [5, 5.41) is 2.90. The molecule has 26 heavy (non-hydrogen) atoms. The van der Waals surface area contributed by atoms with Crippen LogP contribution in [0.4, 0.5) is 0 Å². The Bertz CT molecular complexity index is 723. The molecule has 0 spiro atoms. The SMILES string of the molecule is CCOc1ccc(C=CC(=O)NCC(c2ccco2)N(C)C)cc1OC. The van der Waals surface area contributed by atoms with Crippen molar-refractivity contribution in [1.82, 2.24) is 10.2 Å². The van der Waals surface area contributed by atoms with Crippen LogP contribution in [0, 0.1) is 0 Å². The van der Waals surface area contributed by atoms with E-state index < -0.39 is 0 Å². The van der Waals surface area contributed by atoms with Crippen LogP contribution in [-0.4, -0.2) is 45.2 Å². The van der Waals surface area contributed by atoms with Gasteiger partial charge in [0, 0.05) is 12.6 Å². The maximum Gasteiger partial charge on any atom is 0.244 e. The summed E-state index contributed by atoms with van der Waals surface area (Å²) in [6.45, 7) is 2.94. The lowest BCUT2D eigenvalue weighted by Gasteiger charge is -2.22. The average Bonchev–Trinajstić information content (AvgIpc) is 3.15. The van der Waals surface area contributed by atoms with Crippen molar-refractivity contribution in [3.8, 4) is 11.5 Å². The maximum atomic E-state index is 12.1. The van der Waals surface area contributed by atoms with Gasteiger partial charge in [0.1, 0.15) is 5.76 Å². The first-order valence-electron chi connectivity index (χ1n) is 8.51. The third kappa shape index (κ3) is 5.39. The second-order valence-electron chi connectivity index (χ2n) is 5.92. The first-order valence-corrected chi connectivity index (χ1v) is 8.51. The van der Waals surface area contributed by atoms with Crippen LogP contribution in [0.3, 0.4) is 0 Å². The maximum absolute atomic E-state index is 12.1. The Morgan fingerprint density at radius 3 is 2.73 bits per heavy atom. The van der Waals surface area contributed by atoms with Crippen LogP contribution in [0.25, 0.3) is 6.08 Å². The summed E-state index contributed by atoms with van der Waals surface area (Å²) in [6.07, 6.45) is 4.88. The predicted octanol–water partition coefficient (Wildman–Crippen LogP) is 3.12. The Hall–Kier alpha value is -2.73. The molecule has 1 heterocycles. The number of ether oxygens (including phenoxy) is 2. The molecule has 1 unspecified atom stereocenters. The molecule has 0 aliphatic carbocycles. The number of hydrogen-bond donors (Lipinski definition) is 1. The first kappa shape index (κ1) is 19.6. The number of carbonyl (C=O) groups is 1. The molecule has 2 aromatic rings. The van der Waals surface area contributed by atoms with Gasteiger partial charge < -0.3 is 19.2 Å². The summed E-state index contributed by atoms with van der Waals surface area (Å²) >= 11 is 0. The molecule has 0 saturated carbocycles. The van der Waals surface area contributed by atoms with E-state index in [1.165, 1.54) is 6.08 Å². The number of nitrogens with one attached hydrogen (secondary N) is 1. The highest BCUT2D eigenvalue weighted by Crippen LogP contribution is 2.28. The minimum atomic E-state index is -0.170. The minimum absolute atomic E-state index is 0.0204. The summed E-state index contributed by atoms with van der Waals surface area (Å²) in [5.74, 6) is 1.97. The number of hydrogen-bond acceptors (Lipinski definition) is 5. The molecule has 0 radical (unpaired) electrons. The second-order valence-corrected chi connectivity index (χ2v) is 5.92. The van der Waals surface area contributed by atoms with Gasteiger partial charge in [-0.3, -0.25) is 9.69 Å². The fourth-order valence-corrected chi connectivity index (χ4v) is 2.51. The predicted molar refractivity (Wildman–Crippen MR) is 101 cm³/mol. The lowest BCUT2D eigenvalue weighted by Crippen LogP contribution is -2.33. The molecule has 0 aliphatic rings. The van der Waals surface area contributed by atoms with Crippen LogP contribution >= 0.6 is 0 Å². The molecule has 1 aromatic heterocycles. The highest BCUT2D eigenvalue weighted by atomic mass is 16.5. The van der Waals surface area contributed by atoms with E-state index in [0.29, 0.717) is 24.7 Å². The van der Waals surface area contributed by atoms with Gasteiger partial charge in [-0.2, -0.15) is 0 Å². The van der Waals surface area contributed by atoms with Crippen molar-refractivity contribution < 1.29 is 18.7 Å². The molecule has 1 aromatic carbocycles. The van der Waals surface area contributed by atoms with Crippen LogP contribution in [0.5, 0.6) is 11.5 Å². The summed E-state index contributed by atoms with van der Waals surface area (Å²) in [4.78, 5) is 14.1. The first-order chi connectivity index (χ1) is 12.5. The van der Waals surface area contributed by atoms with Gasteiger partial charge in [0.15, 0.2) is 11.5 Å². The van der Waals surface area contributed by atoms with Crippen LogP contribution in [0.2, 0.25) is 0 Å². The Morgan fingerprint density at radius 1 is 1.31 bits per heavy atom. The van der Waals surface area contributed by atoms with Gasteiger partial charge in [-0.25, -0.2) is 0 Å². The lowest BCUT2D eigenvalue weighted by atomic mass is 10.2. The number of amides is 1. The number of likely N-dealkylation sites (N-methyl/N-ethyl adjacent to an activating group) is 1. The van der Waals surface area contributed by atoms with Crippen molar-refractivity contribution >= 4 is 12.0 Å². The van der Waals surface area contributed by atoms with Gasteiger partial charge in [0.05, 0.1) is 26.0 Å². The highest BCUT2D eigenvalue weighted by molar-refractivity contribution is 5.91. The zero-order valence-electron chi connectivity index (χ0n) is 15.7. The molecule has 0 aliphatic heterocycles. The van der Waals surface area contributed by atoms with Crippen LogP contribution in [-0.2, 0) is 4.79 Å². The van der Waals surface area contributed by atoms with E-state index in [4.69, 9.17) is 13.9 Å². The molecule has 6 heteroatoms. The fraction of sp³-hybridized carbons (Fsp3) is 0.350. The Kier molecular flexibility index (Phi) is 7.29. The molecule has 0 saturated heterocycles. The van der Waals surface area contributed by atoms with E-state index in [9.17, 15) is 4.79 Å². The van der Waals surface area contributed by atoms with E-state index in [0.717, 1.165) is 11.3 Å². The highest BCUT2D eigenvalue weighted by Gasteiger charge is 2.17. The lowest BCUT2D eigenvalue weighted by molar-refractivity contribution is -0.116. The fourth-order valence-electron chi connectivity index (χ4n) is 2.51. The summed E-state index contributed by atoms with van der Waals surface area (Å²) in [6, 6.07) is 9.26. The topological polar surface area (TPSA) is 63.9 Å². The summed E-state index contributed by atoms with van der Waals surface area (Å²) < 4.78 is 16.2. The number of rotatable bonds is 9. The van der Waals surface area contributed by atoms with Gasteiger partial charge in [-0.15, -0.1) is 0 Å². The van der Waals surface area contributed by atoms with E-state index in [1.54, 1.807) is 19.4 Å². The molecule has 1 atom stereocenters. The van der Waals surface area contributed by atoms with Gasteiger partial charge in [0.2, 0.25) is 5.91 Å². The molecule has 0 fully saturated rings. The van der Waals surface area contributed by atoms with Crippen molar-refractivity contribution in [2.75, 3.05) is 34.4 Å². The minimum Gasteiger partial charge on any atom is -0.493 e. The van der Waals surface area contributed by atoms with Crippen molar-refractivity contribution in [1.29, 1.82) is 0 Å². The second kappa shape index (κ2) is 9.68. The molecule has 1 amide bonds. The molecule has 2 rings (SSSR count). The monoisotopic (exact) mass is 358 g/mol. The summed E-state index contributed by atoms with van der Waals surface area (Å²) in [7, 11) is 5.48. The van der Waals surface area contributed by atoms with Crippen LogP contribution in [0.15, 0.2) is 47.1 Å². The number of carbonyl (C=O) groups excluding carboxylic acids is 1. The van der Waals surface area contributed by atoms with Gasteiger partial charge in [0.25, 0.3) is 0 Å². The van der Waals surface area contributed by atoms with Crippen molar-refractivity contribution in [2.45, 2.75) is 13.0 Å². The summed E-state index contributed by atoms with van der Waals surface area (Å²) in [5.41, 5.74) is 0.857. The normalized spacial score (nSPS) is 12.3. The standard InChI is InChI=1S/C20H26N2O4/c1-5-25-18-10-8-15(13-19(18)24-4)9-11-20(23)21-14-16(22(2)3)17-7-6-12-26-17/h6-13,16H,5,14H2,1-4H3,(H,21,23). The van der Waals surface area contributed by atoms with Crippen LogP contribution < -0.4 is 14.8 Å². The quantitative estimate of drug-likeness (QED) is 0.698. The molecule has 140 valence electrons. The van der Waals surface area contributed by atoms with Gasteiger partial charge >= 0.3 is 0 Å². The third-order valence-corrected chi connectivity index (χ3v) is 3.88. The number of nitrogens with zero attached hydrogens (tertiary/aromatic N) is 1. The molecular weight excluding hydrogens is 332 g/mol. The average molecular weight is 358 g/mol. The Balaban J connectivity index is 1.96. The van der Waals surface area contributed by atoms with E-state index in [-0.39, 0.29) is 11.9 Å². The molecule has 1 N–H and O–H groups in total. The number of benzene rings is 1. The smallest absolute Gasteiger partial charge is 0.244 e. The molecular formula is C20H26N2O4. The van der Waals surface area contributed by atoms with Crippen molar-refractivity contribution in [2.24, 2.45) is 0 Å². The largest absolute Gasteiger partial charge is 0.493 e. The third-order valence-electron chi connectivity index (χ3n) is 3.88. The van der Waals surface area contributed by atoms with E-state index in [1.807, 2.05) is 56.3 Å². The number of furan rings is 1. The van der Waals surface area contributed by atoms with E-state index >= 15 is 0 Å². The Morgan fingerprint density at radius 2 is 2.12 bits per heavy atom. The zero-order chi connectivity index (χ0) is 18.9. The van der Waals surface area contributed by atoms with Crippen LogP contribution in [0.1, 0.15) is 24.3 Å².